The first-order valence-corrected chi connectivity index (χ1v) is 9.72. The van der Waals surface area contributed by atoms with Gasteiger partial charge in [0.15, 0.2) is 5.69 Å². The first-order valence-electron chi connectivity index (χ1n) is 8.24. The number of rotatable bonds is 6. The predicted molar refractivity (Wildman–Crippen MR) is 100 cm³/mol. The van der Waals surface area contributed by atoms with Gasteiger partial charge in [0.25, 0.3) is 15.9 Å². The molecule has 2 aromatic heterocycles. The third-order valence-electron chi connectivity index (χ3n) is 3.67. The molecule has 3 aromatic rings. The topological polar surface area (TPSA) is 119 Å². The molecular formula is C17H16F2N6O3S. The average molecular weight is 422 g/mol. The van der Waals surface area contributed by atoms with Crippen LogP contribution >= 0.6 is 0 Å². The summed E-state index contributed by atoms with van der Waals surface area (Å²) in [6.45, 7) is 0.581. The highest BCUT2D eigenvalue weighted by Gasteiger charge is 2.17. The van der Waals surface area contributed by atoms with E-state index in [0.29, 0.717) is 16.1 Å². The third-order valence-corrected chi connectivity index (χ3v) is 5.02. The number of nitrogens with one attached hydrogen (secondary N) is 2. The van der Waals surface area contributed by atoms with Crippen molar-refractivity contribution in [3.8, 4) is 0 Å². The highest BCUT2D eigenvalue weighted by molar-refractivity contribution is 7.92. The quantitative estimate of drug-likeness (QED) is 0.631. The van der Waals surface area contributed by atoms with Gasteiger partial charge in [0.1, 0.15) is 0 Å². The fraction of sp³-hybridized carbons (Fsp3) is 0.176. The summed E-state index contributed by atoms with van der Waals surface area (Å²) in [5.41, 5.74) is 1.30. The zero-order chi connectivity index (χ0) is 21.2. The number of hydrogen-bond acceptors (Lipinski definition) is 6. The van der Waals surface area contributed by atoms with E-state index < -0.39 is 22.5 Å². The Balaban J connectivity index is 1.72. The number of carbonyl (C=O) groups is 1. The van der Waals surface area contributed by atoms with Crippen LogP contribution in [-0.2, 0) is 10.0 Å². The van der Waals surface area contributed by atoms with Crippen LogP contribution in [0.2, 0.25) is 0 Å². The van der Waals surface area contributed by atoms with E-state index in [0.717, 1.165) is 12.3 Å². The largest absolute Gasteiger partial charge is 0.333 e. The van der Waals surface area contributed by atoms with E-state index in [9.17, 15) is 22.0 Å². The van der Waals surface area contributed by atoms with Crippen LogP contribution in [0.1, 0.15) is 28.4 Å². The number of amides is 1. The van der Waals surface area contributed by atoms with Crippen molar-refractivity contribution in [2.45, 2.75) is 25.3 Å². The molecule has 0 spiro atoms. The van der Waals surface area contributed by atoms with Crippen molar-refractivity contribution in [3.63, 3.8) is 0 Å². The standard InChI is InChI=1S/C17H16F2N6O3S/c1-10-9-11(2)21-17(20-10)24-29(27,28)13-5-3-12(4-6-13)22-15(26)14-7-8-25(23-14)16(18)19/h3-9,16H,1-2H3,(H,22,26)(H,20,21,24). The Labute approximate surface area is 164 Å². The minimum Gasteiger partial charge on any atom is -0.321 e. The molecule has 1 aromatic carbocycles. The van der Waals surface area contributed by atoms with Crippen molar-refractivity contribution in [2.24, 2.45) is 0 Å². The number of halogens is 2. The van der Waals surface area contributed by atoms with Crippen LogP contribution in [0.4, 0.5) is 20.4 Å². The molecule has 2 heterocycles. The molecule has 0 aliphatic heterocycles. The summed E-state index contributed by atoms with van der Waals surface area (Å²) in [5.74, 6) is -0.753. The molecule has 0 saturated carbocycles. The fourth-order valence-corrected chi connectivity index (χ4v) is 3.37. The predicted octanol–water partition coefficient (Wildman–Crippen LogP) is 2.74. The number of nitrogens with zero attached hydrogens (tertiary/aromatic N) is 4. The van der Waals surface area contributed by atoms with Gasteiger partial charge in [-0.05, 0) is 50.2 Å². The average Bonchev–Trinajstić information content (AvgIpc) is 3.11. The van der Waals surface area contributed by atoms with Crippen molar-refractivity contribution in [2.75, 3.05) is 10.0 Å². The Bertz CT molecular complexity index is 1130. The van der Waals surface area contributed by atoms with Gasteiger partial charge < -0.3 is 5.32 Å². The minimum absolute atomic E-state index is 0.0468. The van der Waals surface area contributed by atoms with Crippen LogP contribution in [0, 0.1) is 13.8 Å². The van der Waals surface area contributed by atoms with Gasteiger partial charge in [0.2, 0.25) is 5.95 Å². The second-order valence-electron chi connectivity index (χ2n) is 6.02. The molecule has 0 aliphatic carbocycles. The third kappa shape index (κ3) is 4.90. The van der Waals surface area contributed by atoms with Gasteiger partial charge in [0, 0.05) is 23.3 Å². The zero-order valence-corrected chi connectivity index (χ0v) is 16.1. The van der Waals surface area contributed by atoms with E-state index in [2.05, 4.69) is 25.1 Å². The lowest BCUT2D eigenvalue weighted by atomic mass is 10.3. The van der Waals surface area contributed by atoms with E-state index >= 15 is 0 Å². The molecule has 0 atom stereocenters. The fourth-order valence-electron chi connectivity index (χ4n) is 2.43. The molecule has 0 aliphatic rings. The summed E-state index contributed by atoms with van der Waals surface area (Å²) in [4.78, 5) is 20.0. The minimum atomic E-state index is -3.94. The van der Waals surface area contributed by atoms with Crippen molar-refractivity contribution in [3.05, 3.63) is 59.7 Å². The second-order valence-corrected chi connectivity index (χ2v) is 7.70. The van der Waals surface area contributed by atoms with Gasteiger partial charge >= 0.3 is 6.55 Å². The lowest BCUT2D eigenvalue weighted by molar-refractivity contribution is 0.0561. The molecule has 29 heavy (non-hydrogen) atoms. The van der Waals surface area contributed by atoms with Gasteiger partial charge in [-0.25, -0.2) is 27.8 Å². The Kier molecular flexibility index (Phi) is 5.55. The number of sulfonamides is 1. The number of aromatic nitrogens is 4. The smallest absolute Gasteiger partial charge is 0.321 e. The van der Waals surface area contributed by atoms with Crippen LogP contribution < -0.4 is 10.0 Å². The van der Waals surface area contributed by atoms with Crippen LogP contribution in [-0.4, -0.2) is 34.1 Å². The number of alkyl halides is 2. The number of carbonyl (C=O) groups excluding carboxylic acids is 1. The van der Waals surface area contributed by atoms with Crippen molar-refractivity contribution in [1.29, 1.82) is 0 Å². The van der Waals surface area contributed by atoms with Crippen LogP contribution in [0.25, 0.3) is 0 Å². The highest BCUT2D eigenvalue weighted by Crippen LogP contribution is 2.18. The number of aryl methyl sites for hydroxylation is 2. The molecule has 152 valence electrons. The van der Waals surface area contributed by atoms with Gasteiger partial charge in [-0.1, -0.05) is 0 Å². The maximum absolute atomic E-state index is 12.5. The molecule has 12 heteroatoms. The highest BCUT2D eigenvalue weighted by atomic mass is 32.2. The van der Waals surface area contributed by atoms with Gasteiger partial charge in [0.05, 0.1) is 4.90 Å². The number of anilines is 2. The van der Waals surface area contributed by atoms with Crippen molar-refractivity contribution < 1.29 is 22.0 Å². The summed E-state index contributed by atoms with van der Waals surface area (Å²) in [6.07, 6.45) is 0.982. The molecule has 0 bridgehead atoms. The summed E-state index contributed by atoms with van der Waals surface area (Å²) in [5, 5.41) is 5.91. The Morgan fingerprint density at radius 1 is 1.07 bits per heavy atom. The van der Waals surface area contributed by atoms with E-state index in [4.69, 9.17) is 0 Å². The van der Waals surface area contributed by atoms with Crippen LogP contribution in [0.5, 0.6) is 0 Å². The van der Waals surface area contributed by atoms with Gasteiger partial charge in [-0.3, -0.25) is 4.79 Å². The van der Waals surface area contributed by atoms with Crippen molar-refractivity contribution in [1.82, 2.24) is 19.7 Å². The maximum atomic E-state index is 12.5. The van der Waals surface area contributed by atoms with Crippen molar-refractivity contribution >= 4 is 27.6 Å². The Hall–Kier alpha value is -3.41. The molecule has 0 radical (unpaired) electrons. The van der Waals surface area contributed by atoms with E-state index in [-0.39, 0.29) is 22.2 Å². The summed E-state index contributed by atoms with van der Waals surface area (Å²) < 4.78 is 52.7. The molecule has 2 N–H and O–H groups in total. The Morgan fingerprint density at radius 2 is 1.69 bits per heavy atom. The lowest BCUT2D eigenvalue weighted by Crippen LogP contribution is -2.16. The lowest BCUT2D eigenvalue weighted by Gasteiger charge is -2.09. The van der Waals surface area contributed by atoms with Crippen LogP contribution in [0.3, 0.4) is 0 Å². The van der Waals surface area contributed by atoms with E-state index in [1.807, 2.05) is 0 Å². The van der Waals surface area contributed by atoms with E-state index in [1.54, 1.807) is 19.9 Å². The molecule has 0 saturated heterocycles. The summed E-state index contributed by atoms with van der Waals surface area (Å²) in [7, 11) is -3.94. The Morgan fingerprint density at radius 3 is 2.24 bits per heavy atom. The molecule has 0 unspecified atom stereocenters. The molecule has 9 nitrogen and oxygen atoms in total. The van der Waals surface area contributed by atoms with Gasteiger partial charge in [-0.15, -0.1) is 0 Å². The SMILES string of the molecule is Cc1cc(C)nc(NS(=O)(=O)c2ccc(NC(=O)c3ccn(C(F)F)n3)cc2)n1. The number of hydrogen-bond donors (Lipinski definition) is 2. The molecular weight excluding hydrogens is 406 g/mol. The van der Waals surface area contributed by atoms with Gasteiger partial charge in [-0.2, -0.15) is 13.9 Å². The normalized spacial score (nSPS) is 11.5. The molecule has 3 rings (SSSR count). The zero-order valence-electron chi connectivity index (χ0n) is 15.3. The first kappa shape index (κ1) is 20.3. The maximum Gasteiger partial charge on any atom is 0.333 e. The van der Waals surface area contributed by atoms with Crippen LogP contribution in [0.15, 0.2) is 47.5 Å². The summed E-state index contributed by atoms with van der Waals surface area (Å²) >= 11 is 0. The summed E-state index contributed by atoms with van der Waals surface area (Å²) in [6, 6.07) is 8.13. The molecule has 1 amide bonds. The second kappa shape index (κ2) is 7.91. The first-order chi connectivity index (χ1) is 13.6. The number of benzene rings is 1. The molecule has 0 fully saturated rings. The monoisotopic (exact) mass is 422 g/mol. The van der Waals surface area contributed by atoms with E-state index in [1.165, 1.54) is 24.3 Å².